The molecule has 4 N–H and O–H groups in total. The van der Waals surface area contributed by atoms with Crippen LogP contribution in [0.25, 0.3) is 0 Å². The first-order valence-corrected chi connectivity index (χ1v) is 7.84. The van der Waals surface area contributed by atoms with Crippen molar-refractivity contribution in [2.45, 2.75) is 56.5 Å². The van der Waals surface area contributed by atoms with E-state index in [1.165, 1.54) is 6.42 Å². The van der Waals surface area contributed by atoms with Crippen molar-refractivity contribution in [3.63, 3.8) is 0 Å². The van der Waals surface area contributed by atoms with Crippen LogP contribution in [-0.4, -0.2) is 29.2 Å². The molecule has 0 bridgehead atoms. The first-order chi connectivity index (χ1) is 10.1. The Morgan fingerprint density at radius 2 is 1.90 bits per heavy atom. The lowest BCUT2D eigenvalue weighted by Gasteiger charge is -2.33. The molecule has 1 aromatic carbocycles. The lowest BCUT2D eigenvalue weighted by atomic mass is 9.80. The molecule has 2 rings (SSSR count). The number of rotatable bonds is 6. The molecular weight excluding hydrogens is 264 g/mol. The molecule has 1 fully saturated rings. The van der Waals surface area contributed by atoms with Gasteiger partial charge in [0.15, 0.2) is 0 Å². The van der Waals surface area contributed by atoms with Crippen LogP contribution in [0.4, 0.5) is 0 Å². The zero-order chi connectivity index (χ0) is 15.1. The molecule has 116 valence electrons. The third-order valence-electron chi connectivity index (χ3n) is 4.27. The van der Waals surface area contributed by atoms with Gasteiger partial charge >= 0.3 is 0 Å². The van der Waals surface area contributed by atoms with Crippen LogP contribution < -0.4 is 11.1 Å². The fourth-order valence-corrected chi connectivity index (χ4v) is 3.09. The highest BCUT2D eigenvalue weighted by Gasteiger charge is 2.30. The van der Waals surface area contributed by atoms with E-state index in [4.69, 9.17) is 5.73 Å². The van der Waals surface area contributed by atoms with Crippen molar-refractivity contribution in [2.75, 3.05) is 6.61 Å². The fourth-order valence-electron chi connectivity index (χ4n) is 3.09. The van der Waals surface area contributed by atoms with Crippen molar-refractivity contribution in [1.29, 1.82) is 0 Å². The Morgan fingerprint density at radius 3 is 2.52 bits per heavy atom. The molecule has 0 aromatic heterocycles. The van der Waals surface area contributed by atoms with Gasteiger partial charge in [0.2, 0.25) is 5.91 Å². The number of aliphatic hydroxyl groups is 1. The lowest BCUT2D eigenvalue weighted by Crippen LogP contribution is -2.48. The fraction of sp³-hybridized carbons (Fsp3) is 0.588. The molecule has 0 heterocycles. The summed E-state index contributed by atoms with van der Waals surface area (Å²) in [4.78, 5) is 12.2. The van der Waals surface area contributed by atoms with Gasteiger partial charge in [-0.2, -0.15) is 0 Å². The van der Waals surface area contributed by atoms with Crippen molar-refractivity contribution >= 4 is 5.91 Å². The quantitative estimate of drug-likeness (QED) is 0.747. The third kappa shape index (κ3) is 5.14. The molecule has 1 atom stereocenters. The van der Waals surface area contributed by atoms with Gasteiger partial charge < -0.3 is 16.2 Å². The molecule has 0 saturated heterocycles. The monoisotopic (exact) mass is 290 g/mol. The van der Waals surface area contributed by atoms with E-state index in [-0.39, 0.29) is 24.1 Å². The van der Waals surface area contributed by atoms with Gasteiger partial charge in [-0.1, -0.05) is 49.6 Å². The van der Waals surface area contributed by atoms with Gasteiger partial charge in [0.1, 0.15) is 0 Å². The number of benzene rings is 1. The number of amides is 1. The second-order valence-electron chi connectivity index (χ2n) is 6.24. The zero-order valence-electron chi connectivity index (χ0n) is 12.6. The lowest BCUT2D eigenvalue weighted by molar-refractivity contribution is -0.123. The molecule has 4 nitrogen and oxygen atoms in total. The topological polar surface area (TPSA) is 75.4 Å². The van der Waals surface area contributed by atoms with E-state index < -0.39 is 0 Å². The summed E-state index contributed by atoms with van der Waals surface area (Å²) in [6.07, 6.45) is 6.27. The highest BCUT2D eigenvalue weighted by atomic mass is 16.3. The van der Waals surface area contributed by atoms with Crippen molar-refractivity contribution in [1.82, 2.24) is 5.32 Å². The number of hydrogen-bond donors (Lipinski definition) is 3. The zero-order valence-corrected chi connectivity index (χ0v) is 12.6. The van der Waals surface area contributed by atoms with Gasteiger partial charge in [-0.15, -0.1) is 0 Å². The Balaban J connectivity index is 1.84. The Labute approximate surface area is 126 Å². The highest BCUT2D eigenvalue weighted by Crippen LogP contribution is 2.28. The minimum atomic E-state index is -0.352. The van der Waals surface area contributed by atoms with Crippen LogP contribution in [0.1, 0.15) is 44.1 Å². The molecule has 0 radical (unpaired) electrons. The van der Waals surface area contributed by atoms with E-state index in [1.807, 2.05) is 30.3 Å². The minimum Gasteiger partial charge on any atom is -0.394 e. The largest absolute Gasteiger partial charge is 0.394 e. The SMILES string of the molecule is NC1(CC(=O)N[C@H](CO)Cc2ccccc2)CCCCC1. The van der Waals surface area contributed by atoms with E-state index in [1.54, 1.807) is 0 Å². The number of nitrogens with two attached hydrogens (primary N) is 1. The Hall–Kier alpha value is -1.39. The van der Waals surface area contributed by atoms with Crippen LogP contribution in [0.2, 0.25) is 0 Å². The Kier molecular flexibility index (Phi) is 5.76. The van der Waals surface area contributed by atoms with Gasteiger partial charge in [0, 0.05) is 12.0 Å². The van der Waals surface area contributed by atoms with E-state index in [2.05, 4.69) is 5.32 Å². The maximum Gasteiger partial charge on any atom is 0.222 e. The van der Waals surface area contributed by atoms with Gasteiger partial charge in [-0.05, 0) is 24.8 Å². The minimum absolute atomic E-state index is 0.0469. The summed E-state index contributed by atoms with van der Waals surface area (Å²) in [6, 6.07) is 9.63. The standard InChI is InChI=1S/C17H26N2O2/c18-17(9-5-2-6-10-17)12-16(21)19-15(13-20)11-14-7-3-1-4-8-14/h1,3-4,7-8,15,20H,2,5-6,9-13,18H2,(H,19,21)/t15-/m0/s1. The van der Waals surface area contributed by atoms with E-state index >= 15 is 0 Å². The molecule has 0 spiro atoms. The Morgan fingerprint density at radius 1 is 1.24 bits per heavy atom. The van der Waals surface area contributed by atoms with Gasteiger partial charge in [-0.25, -0.2) is 0 Å². The average Bonchev–Trinajstić information content (AvgIpc) is 2.47. The van der Waals surface area contributed by atoms with E-state index in [0.29, 0.717) is 12.8 Å². The number of carbonyl (C=O) groups is 1. The first kappa shape index (κ1) is 16.0. The Bertz CT molecular complexity index is 441. The summed E-state index contributed by atoms with van der Waals surface area (Å²) in [7, 11) is 0. The maximum atomic E-state index is 12.2. The number of nitrogens with one attached hydrogen (secondary N) is 1. The van der Waals surface area contributed by atoms with Crippen LogP contribution >= 0.6 is 0 Å². The van der Waals surface area contributed by atoms with Crippen molar-refractivity contribution in [3.05, 3.63) is 35.9 Å². The molecule has 1 aliphatic carbocycles. The predicted octanol–water partition coefficient (Wildman–Crippen LogP) is 1.76. The summed E-state index contributed by atoms with van der Waals surface area (Å²) in [6.45, 7) is -0.0573. The van der Waals surface area contributed by atoms with Crippen LogP contribution in [0.3, 0.4) is 0 Å². The molecule has 21 heavy (non-hydrogen) atoms. The maximum absolute atomic E-state index is 12.2. The van der Waals surface area contributed by atoms with Crippen LogP contribution in [0, 0.1) is 0 Å². The normalized spacial score (nSPS) is 19.0. The van der Waals surface area contributed by atoms with E-state index in [9.17, 15) is 9.90 Å². The average molecular weight is 290 g/mol. The molecule has 0 unspecified atom stereocenters. The number of aliphatic hydroxyl groups excluding tert-OH is 1. The van der Waals surface area contributed by atoms with Crippen molar-refractivity contribution in [2.24, 2.45) is 5.73 Å². The second-order valence-corrected chi connectivity index (χ2v) is 6.24. The summed E-state index contributed by atoms with van der Waals surface area (Å²) in [5, 5.41) is 12.4. The molecule has 4 heteroatoms. The van der Waals surface area contributed by atoms with E-state index in [0.717, 1.165) is 31.2 Å². The number of carbonyl (C=O) groups excluding carboxylic acids is 1. The van der Waals surface area contributed by atoms with Crippen LogP contribution in [-0.2, 0) is 11.2 Å². The smallest absolute Gasteiger partial charge is 0.222 e. The molecule has 1 aromatic rings. The summed E-state index contributed by atoms with van der Waals surface area (Å²) in [5.74, 6) is -0.0469. The first-order valence-electron chi connectivity index (χ1n) is 7.84. The molecule has 1 saturated carbocycles. The molecule has 1 aliphatic rings. The molecule has 0 aliphatic heterocycles. The predicted molar refractivity (Wildman–Crippen MR) is 83.8 cm³/mol. The van der Waals surface area contributed by atoms with Crippen molar-refractivity contribution < 1.29 is 9.90 Å². The summed E-state index contributed by atoms with van der Waals surface area (Å²) in [5.41, 5.74) is 7.06. The van der Waals surface area contributed by atoms with Gasteiger partial charge in [0.05, 0.1) is 12.6 Å². The van der Waals surface area contributed by atoms with Crippen molar-refractivity contribution in [3.8, 4) is 0 Å². The van der Waals surface area contributed by atoms with Gasteiger partial charge in [0.25, 0.3) is 0 Å². The second kappa shape index (κ2) is 7.57. The highest BCUT2D eigenvalue weighted by molar-refractivity contribution is 5.77. The van der Waals surface area contributed by atoms with Gasteiger partial charge in [-0.3, -0.25) is 4.79 Å². The van der Waals surface area contributed by atoms with Crippen LogP contribution in [0.5, 0.6) is 0 Å². The van der Waals surface area contributed by atoms with Crippen LogP contribution in [0.15, 0.2) is 30.3 Å². The number of hydrogen-bond acceptors (Lipinski definition) is 3. The molecular formula is C17H26N2O2. The summed E-state index contributed by atoms with van der Waals surface area (Å²) >= 11 is 0. The summed E-state index contributed by atoms with van der Waals surface area (Å²) < 4.78 is 0. The third-order valence-corrected chi connectivity index (χ3v) is 4.27. The molecule has 1 amide bonds.